The minimum absolute atomic E-state index is 0.000365. The molecule has 1 amide bonds. The highest BCUT2D eigenvalue weighted by Crippen LogP contribution is 2.14. The van der Waals surface area contributed by atoms with Crippen LogP contribution in [-0.2, 0) is 14.3 Å². The third kappa shape index (κ3) is 5.84. The quantitative estimate of drug-likeness (QED) is 0.793. The van der Waals surface area contributed by atoms with Crippen LogP contribution in [0.5, 0.6) is 0 Å². The molecule has 0 aromatic heterocycles. The number of carboxylic acid groups (broad SMARTS) is 1. The summed E-state index contributed by atoms with van der Waals surface area (Å²) < 4.78 is 5.33. The van der Waals surface area contributed by atoms with E-state index >= 15 is 0 Å². The molecule has 20 heavy (non-hydrogen) atoms. The van der Waals surface area contributed by atoms with Gasteiger partial charge in [-0.3, -0.25) is 9.59 Å². The van der Waals surface area contributed by atoms with E-state index in [0.29, 0.717) is 13.0 Å². The Labute approximate surface area is 119 Å². The Bertz CT molecular complexity index is 431. The smallest absolute Gasteiger partial charge is 0.303 e. The second kappa shape index (κ2) is 8.32. The number of para-hydroxylation sites is 1. The minimum Gasteiger partial charge on any atom is -0.481 e. The molecule has 0 aliphatic heterocycles. The summed E-state index contributed by atoms with van der Waals surface area (Å²) in [6.45, 7) is 4.10. The molecule has 110 valence electrons. The van der Waals surface area contributed by atoms with Crippen molar-refractivity contribution < 1.29 is 19.4 Å². The summed E-state index contributed by atoms with van der Waals surface area (Å²) in [6, 6.07) is 9.21. The van der Waals surface area contributed by atoms with Crippen LogP contribution in [0, 0.1) is 0 Å². The SMILES string of the molecule is CC(C)OCC(=O)N(CCCC(=O)O)c1ccccc1. The van der Waals surface area contributed by atoms with E-state index < -0.39 is 5.97 Å². The molecule has 0 saturated heterocycles. The van der Waals surface area contributed by atoms with Crippen molar-refractivity contribution in [3.05, 3.63) is 30.3 Å². The van der Waals surface area contributed by atoms with Gasteiger partial charge in [-0.25, -0.2) is 0 Å². The predicted molar refractivity (Wildman–Crippen MR) is 76.8 cm³/mol. The molecule has 1 aromatic rings. The number of hydrogen-bond donors (Lipinski definition) is 1. The van der Waals surface area contributed by atoms with Crippen LogP contribution in [0.3, 0.4) is 0 Å². The van der Waals surface area contributed by atoms with Gasteiger partial charge in [0, 0.05) is 18.7 Å². The fourth-order valence-corrected chi connectivity index (χ4v) is 1.71. The Morgan fingerprint density at radius 3 is 2.45 bits per heavy atom. The van der Waals surface area contributed by atoms with Crippen molar-refractivity contribution in [1.82, 2.24) is 0 Å². The van der Waals surface area contributed by atoms with E-state index in [-0.39, 0.29) is 25.0 Å². The van der Waals surface area contributed by atoms with Gasteiger partial charge in [-0.1, -0.05) is 18.2 Å². The summed E-state index contributed by atoms with van der Waals surface area (Å²) in [7, 11) is 0. The molecule has 0 bridgehead atoms. The number of amides is 1. The van der Waals surface area contributed by atoms with E-state index in [9.17, 15) is 9.59 Å². The monoisotopic (exact) mass is 279 g/mol. The van der Waals surface area contributed by atoms with Crippen LogP contribution in [0.2, 0.25) is 0 Å². The first kappa shape index (κ1) is 16.2. The Kier molecular flexibility index (Phi) is 6.73. The molecule has 0 saturated carbocycles. The Balaban J connectivity index is 2.68. The number of anilines is 1. The average molecular weight is 279 g/mol. The summed E-state index contributed by atoms with van der Waals surface area (Å²) in [4.78, 5) is 24.3. The van der Waals surface area contributed by atoms with E-state index in [1.807, 2.05) is 44.2 Å². The summed E-state index contributed by atoms with van der Waals surface area (Å²) >= 11 is 0. The summed E-state index contributed by atoms with van der Waals surface area (Å²) in [6.07, 6.45) is 0.440. The molecule has 0 radical (unpaired) electrons. The molecule has 1 N–H and O–H groups in total. The summed E-state index contributed by atoms with van der Waals surface area (Å²) in [5.41, 5.74) is 0.759. The predicted octanol–water partition coefficient (Wildman–Crippen LogP) is 2.31. The number of hydrogen-bond acceptors (Lipinski definition) is 3. The number of ether oxygens (including phenoxy) is 1. The van der Waals surface area contributed by atoms with Gasteiger partial charge in [0.1, 0.15) is 6.61 Å². The minimum atomic E-state index is -0.858. The number of aliphatic carboxylic acids is 1. The normalized spacial score (nSPS) is 10.6. The maximum atomic E-state index is 12.2. The van der Waals surface area contributed by atoms with Gasteiger partial charge in [0.05, 0.1) is 6.10 Å². The van der Waals surface area contributed by atoms with Crippen molar-refractivity contribution in [2.45, 2.75) is 32.8 Å². The standard InChI is InChI=1S/C15H21NO4/c1-12(2)20-11-14(17)16(10-6-9-15(18)19)13-7-4-3-5-8-13/h3-5,7-8,12H,6,9-11H2,1-2H3,(H,18,19). The molecule has 0 unspecified atom stereocenters. The maximum Gasteiger partial charge on any atom is 0.303 e. The zero-order valence-electron chi connectivity index (χ0n) is 11.9. The number of carboxylic acids is 1. The fourth-order valence-electron chi connectivity index (χ4n) is 1.71. The van der Waals surface area contributed by atoms with Crippen LogP contribution in [0.1, 0.15) is 26.7 Å². The van der Waals surface area contributed by atoms with Crippen molar-refractivity contribution in [3.63, 3.8) is 0 Å². The van der Waals surface area contributed by atoms with Crippen molar-refractivity contribution >= 4 is 17.6 Å². The highest BCUT2D eigenvalue weighted by Gasteiger charge is 2.16. The third-order valence-corrected chi connectivity index (χ3v) is 2.68. The molecule has 0 spiro atoms. The molecular weight excluding hydrogens is 258 g/mol. The highest BCUT2D eigenvalue weighted by molar-refractivity contribution is 5.94. The Hall–Kier alpha value is -1.88. The largest absolute Gasteiger partial charge is 0.481 e. The molecule has 5 heteroatoms. The van der Waals surface area contributed by atoms with E-state index in [4.69, 9.17) is 9.84 Å². The highest BCUT2D eigenvalue weighted by atomic mass is 16.5. The Morgan fingerprint density at radius 1 is 1.25 bits per heavy atom. The second-order valence-corrected chi connectivity index (χ2v) is 4.74. The molecule has 1 aromatic carbocycles. The number of carbonyl (C=O) groups excluding carboxylic acids is 1. The Morgan fingerprint density at radius 2 is 1.90 bits per heavy atom. The van der Waals surface area contributed by atoms with Gasteiger partial charge in [-0.2, -0.15) is 0 Å². The van der Waals surface area contributed by atoms with Gasteiger partial charge in [0.2, 0.25) is 0 Å². The molecule has 0 heterocycles. The van der Waals surface area contributed by atoms with Gasteiger partial charge >= 0.3 is 5.97 Å². The van der Waals surface area contributed by atoms with Crippen LogP contribution in [0.15, 0.2) is 30.3 Å². The van der Waals surface area contributed by atoms with Crippen LogP contribution in [0.25, 0.3) is 0 Å². The summed E-state index contributed by atoms with van der Waals surface area (Å²) in [5, 5.41) is 8.68. The lowest BCUT2D eigenvalue weighted by Gasteiger charge is -2.23. The number of rotatable bonds is 8. The van der Waals surface area contributed by atoms with Gasteiger partial charge in [0.15, 0.2) is 0 Å². The van der Waals surface area contributed by atoms with Crippen molar-refractivity contribution in [2.75, 3.05) is 18.1 Å². The lowest BCUT2D eigenvalue weighted by molar-refractivity contribution is -0.137. The fraction of sp³-hybridized carbons (Fsp3) is 0.467. The first-order valence-corrected chi connectivity index (χ1v) is 6.69. The second-order valence-electron chi connectivity index (χ2n) is 4.74. The molecular formula is C15H21NO4. The van der Waals surface area contributed by atoms with E-state index in [2.05, 4.69) is 0 Å². The van der Waals surface area contributed by atoms with E-state index in [0.717, 1.165) is 5.69 Å². The lowest BCUT2D eigenvalue weighted by atomic mass is 10.2. The summed E-state index contributed by atoms with van der Waals surface area (Å²) in [5.74, 6) is -1.01. The lowest BCUT2D eigenvalue weighted by Crippen LogP contribution is -2.35. The third-order valence-electron chi connectivity index (χ3n) is 2.68. The zero-order chi connectivity index (χ0) is 15.0. The average Bonchev–Trinajstić information content (AvgIpc) is 2.41. The van der Waals surface area contributed by atoms with Crippen molar-refractivity contribution in [3.8, 4) is 0 Å². The number of carbonyl (C=O) groups is 2. The van der Waals surface area contributed by atoms with Gasteiger partial charge in [-0.05, 0) is 32.4 Å². The number of nitrogens with zero attached hydrogens (tertiary/aromatic N) is 1. The molecule has 0 aliphatic carbocycles. The first-order chi connectivity index (χ1) is 9.50. The molecule has 0 atom stereocenters. The number of benzene rings is 1. The van der Waals surface area contributed by atoms with E-state index in [1.165, 1.54) is 0 Å². The molecule has 0 fully saturated rings. The maximum absolute atomic E-state index is 12.2. The van der Waals surface area contributed by atoms with E-state index in [1.54, 1.807) is 4.90 Å². The van der Waals surface area contributed by atoms with Crippen LogP contribution < -0.4 is 4.90 Å². The molecule has 0 aliphatic rings. The van der Waals surface area contributed by atoms with Crippen LogP contribution >= 0.6 is 0 Å². The topological polar surface area (TPSA) is 66.8 Å². The first-order valence-electron chi connectivity index (χ1n) is 6.69. The van der Waals surface area contributed by atoms with Gasteiger partial charge in [0.25, 0.3) is 5.91 Å². The van der Waals surface area contributed by atoms with Crippen molar-refractivity contribution in [1.29, 1.82) is 0 Å². The van der Waals surface area contributed by atoms with Crippen LogP contribution in [0.4, 0.5) is 5.69 Å². The molecule has 5 nitrogen and oxygen atoms in total. The molecule has 1 rings (SSSR count). The van der Waals surface area contributed by atoms with Crippen molar-refractivity contribution in [2.24, 2.45) is 0 Å². The zero-order valence-corrected chi connectivity index (χ0v) is 11.9. The van der Waals surface area contributed by atoms with Gasteiger partial charge < -0.3 is 14.7 Å². The van der Waals surface area contributed by atoms with Gasteiger partial charge in [-0.15, -0.1) is 0 Å². The van der Waals surface area contributed by atoms with Crippen LogP contribution in [-0.4, -0.2) is 36.2 Å².